The van der Waals surface area contributed by atoms with Gasteiger partial charge in [0.25, 0.3) is 17.7 Å². The maximum atomic E-state index is 12.1. The Bertz CT molecular complexity index is 617. The predicted octanol–water partition coefficient (Wildman–Crippen LogP) is 1.24. The molecule has 1 aliphatic rings. The number of carbonyl (C=O) groups is 3. The number of benzene rings is 1. The number of anilines is 1. The fraction of sp³-hybridized carbons (Fsp3) is 0.353. The number of amides is 3. The van der Waals surface area contributed by atoms with Crippen LogP contribution in [0.15, 0.2) is 36.4 Å². The molecule has 7 nitrogen and oxygen atoms in total. The van der Waals surface area contributed by atoms with Crippen LogP contribution in [0.1, 0.15) is 23.2 Å². The molecule has 1 aromatic rings. The van der Waals surface area contributed by atoms with Crippen LogP contribution in [0.4, 0.5) is 5.69 Å². The van der Waals surface area contributed by atoms with Crippen molar-refractivity contribution in [2.24, 2.45) is 0 Å². The summed E-state index contributed by atoms with van der Waals surface area (Å²) in [5, 5.41) is 2.80. The Morgan fingerprint density at radius 2 is 1.67 bits per heavy atom. The first kappa shape index (κ1) is 17.8. The van der Waals surface area contributed by atoms with Crippen LogP contribution in [-0.4, -0.2) is 44.8 Å². The molecule has 0 atom stereocenters. The summed E-state index contributed by atoms with van der Waals surface area (Å²) in [5.74, 6) is -0.990. The van der Waals surface area contributed by atoms with E-state index in [1.165, 1.54) is 12.2 Å². The Hall–Kier alpha value is -2.51. The van der Waals surface area contributed by atoms with Crippen LogP contribution in [0.3, 0.4) is 0 Å². The van der Waals surface area contributed by atoms with Crippen LogP contribution in [0, 0.1) is 0 Å². The van der Waals surface area contributed by atoms with Crippen LogP contribution in [-0.2, 0) is 19.1 Å². The van der Waals surface area contributed by atoms with Gasteiger partial charge in [-0.3, -0.25) is 14.4 Å². The van der Waals surface area contributed by atoms with Gasteiger partial charge >= 0.3 is 0 Å². The van der Waals surface area contributed by atoms with Crippen molar-refractivity contribution in [2.75, 3.05) is 25.7 Å². The van der Waals surface area contributed by atoms with Crippen molar-refractivity contribution in [3.05, 3.63) is 42.0 Å². The molecule has 0 aromatic heterocycles. The van der Waals surface area contributed by atoms with E-state index in [-0.39, 0.29) is 24.0 Å². The molecule has 0 aliphatic carbocycles. The summed E-state index contributed by atoms with van der Waals surface area (Å²) in [4.78, 5) is 36.3. The number of carbonyl (C=O) groups excluding carboxylic acids is 3. The highest BCUT2D eigenvalue weighted by atomic mass is 16.7. The molecular weight excluding hydrogens is 312 g/mol. The van der Waals surface area contributed by atoms with E-state index in [9.17, 15) is 14.4 Å². The first-order valence-corrected chi connectivity index (χ1v) is 7.56. The average Bonchev–Trinajstić information content (AvgIpc) is 2.93. The van der Waals surface area contributed by atoms with Gasteiger partial charge in [0.2, 0.25) is 0 Å². The van der Waals surface area contributed by atoms with E-state index >= 15 is 0 Å². The molecule has 0 unspecified atom stereocenters. The summed E-state index contributed by atoms with van der Waals surface area (Å²) in [6.07, 6.45) is 3.56. The van der Waals surface area contributed by atoms with E-state index in [0.717, 1.165) is 11.3 Å². The van der Waals surface area contributed by atoms with Gasteiger partial charge in [-0.25, -0.2) is 4.90 Å². The molecule has 24 heavy (non-hydrogen) atoms. The minimum absolute atomic E-state index is 0.217. The van der Waals surface area contributed by atoms with Gasteiger partial charge in [-0.1, -0.05) is 0 Å². The van der Waals surface area contributed by atoms with Gasteiger partial charge in [-0.2, -0.15) is 0 Å². The summed E-state index contributed by atoms with van der Waals surface area (Å²) in [5.41, 5.74) is 0.899. The molecule has 0 spiro atoms. The smallest absolute Gasteiger partial charge is 0.258 e. The topological polar surface area (TPSA) is 84.9 Å². The minimum atomic E-state index is -0.386. The van der Waals surface area contributed by atoms with Crippen molar-refractivity contribution >= 4 is 23.4 Å². The quantitative estimate of drug-likeness (QED) is 0.440. The zero-order valence-corrected chi connectivity index (χ0v) is 13.7. The van der Waals surface area contributed by atoms with Crippen molar-refractivity contribution in [2.45, 2.75) is 19.1 Å². The normalized spacial score (nSPS) is 13.9. The Balaban J connectivity index is 1.85. The lowest BCUT2D eigenvalue weighted by Gasteiger charge is -2.14. The molecule has 1 N–H and O–H groups in total. The lowest BCUT2D eigenvalue weighted by molar-refractivity contribution is -0.120. The first-order chi connectivity index (χ1) is 11.6. The van der Waals surface area contributed by atoms with E-state index in [2.05, 4.69) is 5.32 Å². The molecule has 0 bridgehead atoms. The number of methoxy groups -OCH3 is 2. The van der Waals surface area contributed by atoms with Gasteiger partial charge in [-0.05, 0) is 30.7 Å². The number of nitrogens with one attached hydrogen (secondary N) is 1. The van der Waals surface area contributed by atoms with Crippen molar-refractivity contribution in [1.82, 2.24) is 5.32 Å². The summed E-state index contributed by atoms with van der Waals surface area (Å²) >= 11 is 0. The number of nitrogens with zero attached hydrogens (tertiary/aromatic N) is 1. The predicted molar refractivity (Wildman–Crippen MR) is 87.4 cm³/mol. The third-order valence-electron chi connectivity index (χ3n) is 3.62. The molecule has 128 valence electrons. The highest BCUT2D eigenvalue weighted by Crippen LogP contribution is 2.19. The number of rotatable bonds is 8. The number of ether oxygens (including phenoxy) is 2. The summed E-state index contributed by atoms with van der Waals surface area (Å²) in [7, 11) is 3.14. The molecule has 2 rings (SSSR count). The van der Waals surface area contributed by atoms with E-state index in [1.807, 2.05) is 0 Å². The SMILES string of the molecule is COC(CCCNC(=O)c1ccc(N2C(=O)C=CC2=O)cc1)OC. The Kier molecular flexibility index (Phi) is 6.22. The fourth-order valence-corrected chi connectivity index (χ4v) is 2.32. The standard InChI is InChI=1S/C17H20N2O5/c1-23-16(24-2)4-3-11-18-17(22)12-5-7-13(8-6-12)19-14(20)9-10-15(19)21/h5-10,16H,3-4,11H2,1-2H3,(H,18,22). The second-order valence-electron chi connectivity index (χ2n) is 5.19. The molecule has 7 heteroatoms. The van der Waals surface area contributed by atoms with Crippen LogP contribution in [0.2, 0.25) is 0 Å². The highest BCUT2D eigenvalue weighted by molar-refractivity contribution is 6.28. The maximum Gasteiger partial charge on any atom is 0.258 e. The molecule has 1 aromatic carbocycles. The number of imide groups is 1. The largest absolute Gasteiger partial charge is 0.356 e. The van der Waals surface area contributed by atoms with Gasteiger partial charge in [0.05, 0.1) is 5.69 Å². The molecule has 1 aliphatic heterocycles. The lowest BCUT2D eigenvalue weighted by Crippen LogP contribution is -2.29. The third-order valence-corrected chi connectivity index (χ3v) is 3.62. The summed E-state index contributed by atoms with van der Waals surface area (Å²) in [6, 6.07) is 6.31. The van der Waals surface area contributed by atoms with Crippen LogP contribution in [0.25, 0.3) is 0 Å². The molecule has 3 amide bonds. The second-order valence-corrected chi connectivity index (χ2v) is 5.19. The van der Waals surface area contributed by atoms with E-state index < -0.39 is 0 Å². The van der Waals surface area contributed by atoms with Gasteiger partial charge in [0.1, 0.15) is 0 Å². The summed E-state index contributed by atoms with van der Waals surface area (Å²) in [6.45, 7) is 0.497. The first-order valence-electron chi connectivity index (χ1n) is 7.56. The molecule has 0 saturated heterocycles. The Morgan fingerprint density at radius 1 is 1.08 bits per heavy atom. The van der Waals surface area contributed by atoms with Gasteiger partial charge in [-0.15, -0.1) is 0 Å². The highest BCUT2D eigenvalue weighted by Gasteiger charge is 2.25. The average molecular weight is 332 g/mol. The van der Waals surface area contributed by atoms with Gasteiger partial charge in [0, 0.05) is 44.9 Å². The van der Waals surface area contributed by atoms with E-state index in [1.54, 1.807) is 38.5 Å². The molecular formula is C17H20N2O5. The maximum absolute atomic E-state index is 12.1. The molecule has 0 fully saturated rings. The number of hydrogen-bond acceptors (Lipinski definition) is 5. The fourth-order valence-electron chi connectivity index (χ4n) is 2.32. The van der Waals surface area contributed by atoms with Gasteiger partial charge < -0.3 is 14.8 Å². The minimum Gasteiger partial charge on any atom is -0.356 e. The Morgan fingerprint density at radius 3 is 2.21 bits per heavy atom. The second kappa shape index (κ2) is 8.37. The zero-order chi connectivity index (χ0) is 17.5. The molecule has 0 saturated carbocycles. The van der Waals surface area contributed by atoms with Crippen molar-refractivity contribution in [3.8, 4) is 0 Å². The van der Waals surface area contributed by atoms with Crippen LogP contribution in [0.5, 0.6) is 0 Å². The summed E-state index contributed by atoms with van der Waals surface area (Å²) < 4.78 is 10.1. The van der Waals surface area contributed by atoms with E-state index in [4.69, 9.17) is 9.47 Å². The lowest BCUT2D eigenvalue weighted by atomic mass is 10.1. The molecule has 1 heterocycles. The monoisotopic (exact) mass is 332 g/mol. The van der Waals surface area contributed by atoms with Crippen molar-refractivity contribution in [3.63, 3.8) is 0 Å². The Labute approximate surface area is 140 Å². The zero-order valence-electron chi connectivity index (χ0n) is 13.7. The molecule has 0 radical (unpaired) electrons. The van der Waals surface area contributed by atoms with Gasteiger partial charge in [0.15, 0.2) is 6.29 Å². The van der Waals surface area contributed by atoms with E-state index in [0.29, 0.717) is 24.2 Å². The number of hydrogen-bond donors (Lipinski definition) is 1. The van der Waals surface area contributed by atoms with Crippen LogP contribution < -0.4 is 10.2 Å². The van der Waals surface area contributed by atoms with Crippen molar-refractivity contribution < 1.29 is 23.9 Å². The van der Waals surface area contributed by atoms with Crippen LogP contribution >= 0.6 is 0 Å². The third kappa shape index (κ3) is 4.27. The van der Waals surface area contributed by atoms with Crippen molar-refractivity contribution in [1.29, 1.82) is 0 Å².